The minimum atomic E-state index is 0.501. The minimum Gasteiger partial charge on any atom is -0.369 e. The van der Waals surface area contributed by atoms with Crippen LogP contribution in [0.15, 0.2) is 24.7 Å². The highest BCUT2D eigenvalue weighted by atomic mass is 15.1. The highest BCUT2D eigenvalue weighted by Gasteiger charge is 2.00. The lowest BCUT2D eigenvalue weighted by atomic mass is 10.4. The zero-order valence-electron chi connectivity index (χ0n) is 7.88. The maximum absolute atomic E-state index is 5.63. The molecule has 5 nitrogen and oxygen atoms in total. The van der Waals surface area contributed by atoms with Crippen molar-refractivity contribution >= 4 is 5.95 Å². The van der Waals surface area contributed by atoms with Crippen LogP contribution in [-0.2, 0) is 6.54 Å². The number of rotatable bonds is 2. The highest BCUT2D eigenvalue weighted by Crippen LogP contribution is 2.03. The fourth-order valence-electron chi connectivity index (χ4n) is 1.24. The minimum absolute atomic E-state index is 0.501. The standard InChI is InChI=1S/C9H11N5/c1-7-11-3-2-8(13-7)6-14-5-4-12-9(14)10/h2-5H,6H2,1H3,(H2,10,12). The van der Waals surface area contributed by atoms with Gasteiger partial charge in [0.1, 0.15) is 5.82 Å². The summed E-state index contributed by atoms with van der Waals surface area (Å²) in [4.78, 5) is 12.2. The lowest BCUT2D eigenvalue weighted by Crippen LogP contribution is -2.05. The number of anilines is 1. The molecule has 0 fully saturated rings. The molecule has 0 aliphatic heterocycles. The quantitative estimate of drug-likeness (QED) is 0.751. The summed E-state index contributed by atoms with van der Waals surface area (Å²) in [5, 5.41) is 0. The molecule has 0 atom stereocenters. The molecule has 2 aromatic rings. The molecule has 0 bridgehead atoms. The molecule has 72 valence electrons. The molecule has 0 saturated heterocycles. The molecule has 0 saturated carbocycles. The fraction of sp³-hybridized carbons (Fsp3) is 0.222. The lowest BCUT2D eigenvalue weighted by Gasteiger charge is -2.03. The monoisotopic (exact) mass is 189 g/mol. The van der Waals surface area contributed by atoms with Crippen molar-refractivity contribution in [3.8, 4) is 0 Å². The summed E-state index contributed by atoms with van der Waals surface area (Å²) >= 11 is 0. The summed E-state index contributed by atoms with van der Waals surface area (Å²) in [7, 11) is 0. The van der Waals surface area contributed by atoms with Crippen LogP contribution < -0.4 is 5.73 Å². The first-order chi connectivity index (χ1) is 6.75. The second kappa shape index (κ2) is 3.45. The zero-order chi connectivity index (χ0) is 9.97. The summed E-state index contributed by atoms with van der Waals surface area (Å²) < 4.78 is 1.84. The van der Waals surface area contributed by atoms with E-state index in [9.17, 15) is 0 Å². The third kappa shape index (κ3) is 1.71. The molecule has 0 unspecified atom stereocenters. The Morgan fingerprint density at radius 3 is 2.86 bits per heavy atom. The van der Waals surface area contributed by atoms with Crippen LogP contribution in [0, 0.1) is 6.92 Å². The number of aromatic nitrogens is 4. The van der Waals surface area contributed by atoms with Crippen molar-refractivity contribution in [2.75, 3.05) is 5.73 Å². The average Bonchev–Trinajstić information content (AvgIpc) is 2.52. The molecular formula is C9H11N5. The van der Waals surface area contributed by atoms with Crippen molar-refractivity contribution in [1.29, 1.82) is 0 Å². The van der Waals surface area contributed by atoms with E-state index >= 15 is 0 Å². The molecule has 2 N–H and O–H groups in total. The number of nitrogens with zero attached hydrogens (tertiary/aromatic N) is 4. The Morgan fingerprint density at radius 2 is 2.21 bits per heavy atom. The van der Waals surface area contributed by atoms with Crippen molar-refractivity contribution < 1.29 is 0 Å². The predicted molar refractivity (Wildman–Crippen MR) is 52.5 cm³/mol. The smallest absolute Gasteiger partial charge is 0.200 e. The first-order valence-electron chi connectivity index (χ1n) is 4.31. The Labute approximate surface area is 81.6 Å². The molecule has 14 heavy (non-hydrogen) atoms. The molecule has 5 heteroatoms. The van der Waals surface area contributed by atoms with E-state index in [1.54, 1.807) is 12.4 Å². The van der Waals surface area contributed by atoms with E-state index in [1.807, 2.05) is 23.8 Å². The average molecular weight is 189 g/mol. The fourth-order valence-corrected chi connectivity index (χ4v) is 1.24. The molecule has 0 spiro atoms. The topological polar surface area (TPSA) is 69.6 Å². The number of nitrogen functional groups attached to an aromatic ring is 1. The van der Waals surface area contributed by atoms with E-state index in [0.717, 1.165) is 11.5 Å². The molecule has 2 rings (SSSR count). The Balaban J connectivity index is 2.23. The van der Waals surface area contributed by atoms with Crippen molar-refractivity contribution in [3.05, 3.63) is 36.2 Å². The number of imidazole rings is 1. The van der Waals surface area contributed by atoms with Crippen LogP contribution in [0.3, 0.4) is 0 Å². The van der Waals surface area contributed by atoms with E-state index in [-0.39, 0.29) is 0 Å². The molecule has 0 aliphatic carbocycles. The number of aryl methyl sites for hydroxylation is 1. The number of hydrogen-bond donors (Lipinski definition) is 1. The molecular weight excluding hydrogens is 178 g/mol. The third-order valence-electron chi connectivity index (χ3n) is 1.91. The zero-order valence-corrected chi connectivity index (χ0v) is 7.88. The summed E-state index contributed by atoms with van der Waals surface area (Å²) in [5.41, 5.74) is 6.57. The van der Waals surface area contributed by atoms with Crippen molar-refractivity contribution in [2.24, 2.45) is 0 Å². The predicted octanol–water partition coefficient (Wildman–Crippen LogP) is 0.612. The third-order valence-corrected chi connectivity index (χ3v) is 1.91. The van der Waals surface area contributed by atoms with E-state index < -0.39 is 0 Å². The summed E-state index contributed by atoms with van der Waals surface area (Å²) in [5.74, 6) is 1.27. The van der Waals surface area contributed by atoms with Crippen molar-refractivity contribution in [1.82, 2.24) is 19.5 Å². The highest BCUT2D eigenvalue weighted by molar-refractivity contribution is 5.18. The SMILES string of the molecule is Cc1nccc(Cn2ccnc2N)n1. The molecule has 2 aromatic heterocycles. The summed E-state index contributed by atoms with van der Waals surface area (Å²) in [6.45, 7) is 2.50. The van der Waals surface area contributed by atoms with Gasteiger partial charge in [-0.1, -0.05) is 0 Å². The van der Waals surface area contributed by atoms with Crippen molar-refractivity contribution in [3.63, 3.8) is 0 Å². The van der Waals surface area contributed by atoms with Crippen LogP contribution in [0.4, 0.5) is 5.95 Å². The van der Waals surface area contributed by atoms with Gasteiger partial charge in [0.05, 0.1) is 12.2 Å². The van der Waals surface area contributed by atoms with E-state index in [2.05, 4.69) is 15.0 Å². The van der Waals surface area contributed by atoms with Crippen LogP contribution in [0.25, 0.3) is 0 Å². The molecule has 0 amide bonds. The van der Waals surface area contributed by atoms with Crippen LogP contribution >= 0.6 is 0 Å². The Morgan fingerprint density at radius 1 is 1.36 bits per heavy atom. The van der Waals surface area contributed by atoms with Crippen LogP contribution in [-0.4, -0.2) is 19.5 Å². The van der Waals surface area contributed by atoms with E-state index in [1.165, 1.54) is 0 Å². The lowest BCUT2D eigenvalue weighted by molar-refractivity contribution is 0.773. The molecule has 0 aliphatic rings. The maximum Gasteiger partial charge on any atom is 0.200 e. The van der Waals surface area contributed by atoms with Crippen molar-refractivity contribution in [2.45, 2.75) is 13.5 Å². The summed E-state index contributed by atoms with van der Waals surface area (Å²) in [6.07, 6.45) is 5.24. The van der Waals surface area contributed by atoms with Gasteiger partial charge in [-0.15, -0.1) is 0 Å². The van der Waals surface area contributed by atoms with Gasteiger partial charge in [0.15, 0.2) is 5.95 Å². The van der Waals surface area contributed by atoms with Crippen LogP contribution in [0.1, 0.15) is 11.5 Å². The molecule has 2 heterocycles. The van der Waals surface area contributed by atoms with Gasteiger partial charge in [-0.2, -0.15) is 0 Å². The van der Waals surface area contributed by atoms with Gasteiger partial charge in [0.2, 0.25) is 0 Å². The van der Waals surface area contributed by atoms with Gasteiger partial charge in [0.25, 0.3) is 0 Å². The first kappa shape index (κ1) is 8.68. The number of nitrogens with two attached hydrogens (primary N) is 1. The summed E-state index contributed by atoms with van der Waals surface area (Å²) in [6, 6.07) is 1.87. The molecule has 0 aromatic carbocycles. The van der Waals surface area contributed by atoms with Gasteiger partial charge in [-0.25, -0.2) is 15.0 Å². The van der Waals surface area contributed by atoms with Gasteiger partial charge in [-0.05, 0) is 13.0 Å². The van der Waals surface area contributed by atoms with Gasteiger partial charge in [0, 0.05) is 18.6 Å². The Hall–Kier alpha value is -1.91. The largest absolute Gasteiger partial charge is 0.369 e. The Bertz CT molecular complexity index is 434. The second-order valence-corrected chi connectivity index (χ2v) is 3.01. The van der Waals surface area contributed by atoms with Gasteiger partial charge < -0.3 is 10.3 Å². The van der Waals surface area contributed by atoms with E-state index in [0.29, 0.717) is 12.5 Å². The van der Waals surface area contributed by atoms with Gasteiger partial charge >= 0.3 is 0 Å². The molecule has 0 radical (unpaired) electrons. The first-order valence-corrected chi connectivity index (χ1v) is 4.31. The second-order valence-electron chi connectivity index (χ2n) is 3.01. The maximum atomic E-state index is 5.63. The van der Waals surface area contributed by atoms with E-state index in [4.69, 9.17) is 5.73 Å². The Kier molecular flexibility index (Phi) is 2.14. The van der Waals surface area contributed by atoms with Crippen LogP contribution in [0.5, 0.6) is 0 Å². The van der Waals surface area contributed by atoms with Crippen LogP contribution in [0.2, 0.25) is 0 Å². The normalized spacial score (nSPS) is 10.4. The number of hydrogen-bond acceptors (Lipinski definition) is 4. The van der Waals surface area contributed by atoms with Gasteiger partial charge in [-0.3, -0.25) is 0 Å².